The van der Waals surface area contributed by atoms with Crippen molar-refractivity contribution < 1.29 is 9.47 Å². The summed E-state index contributed by atoms with van der Waals surface area (Å²) in [4.78, 5) is 2.57. The van der Waals surface area contributed by atoms with Crippen LogP contribution in [0, 0.1) is 0 Å². The van der Waals surface area contributed by atoms with Crippen molar-refractivity contribution in [3.05, 3.63) is 23.8 Å². The van der Waals surface area contributed by atoms with E-state index in [-0.39, 0.29) is 5.54 Å². The zero-order valence-electron chi connectivity index (χ0n) is 13.2. The molecule has 0 bridgehead atoms. The van der Waals surface area contributed by atoms with Crippen molar-refractivity contribution in [3.63, 3.8) is 0 Å². The van der Waals surface area contributed by atoms with Gasteiger partial charge >= 0.3 is 0 Å². The fourth-order valence-electron chi connectivity index (χ4n) is 3.14. The van der Waals surface area contributed by atoms with Gasteiger partial charge < -0.3 is 19.7 Å². The van der Waals surface area contributed by atoms with Crippen LogP contribution in [0.15, 0.2) is 18.2 Å². The molecule has 0 aliphatic carbocycles. The predicted octanol–water partition coefficient (Wildman–Crippen LogP) is 2.07. The first-order valence-electron chi connectivity index (χ1n) is 7.98. The molecule has 2 aliphatic rings. The van der Waals surface area contributed by atoms with Gasteiger partial charge in [-0.3, -0.25) is 0 Å². The number of nitrogens with zero attached hydrogens (tertiary/aromatic N) is 1. The molecule has 0 saturated carbocycles. The summed E-state index contributed by atoms with van der Waals surface area (Å²) in [5, 5.41) is 3.61. The first kappa shape index (κ1) is 14.7. The molecule has 3 rings (SSSR count). The van der Waals surface area contributed by atoms with Gasteiger partial charge in [0.15, 0.2) is 11.5 Å². The first-order chi connectivity index (χ1) is 10.1. The lowest BCUT2D eigenvalue weighted by Crippen LogP contribution is -2.46. The summed E-state index contributed by atoms with van der Waals surface area (Å²) < 4.78 is 11.2. The van der Waals surface area contributed by atoms with Crippen molar-refractivity contribution in [2.24, 2.45) is 0 Å². The van der Waals surface area contributed by atoms with E-state index in [1.165, 1.54) is 18.5 Å². The summed E-state index contributed by atoms with van der Waals surface area (Å²) >= 11 is 0. The molecule has 2 aliphatic heterocycles. The van der Waals surface area contributed by atoms with Gasteiger partial charge in [-0.25, -0.2) is 0 Å². The Labute approximate surface area is 127 Å². The highest BCUT2D eigenvalue weighted by Crippen LogP contribution is 2.30. The van der Waals surface area contributed by atoms with Crippen molar-refractivity contribution in [3.8, 4) is 11.5 Å². The van der Waals surface area contributed by atoms with Gasteiger partial charge in [0.25, 0.3) is 0 Å². The minimum absolute atomic E-state index is 0.212. The molecule has 1 aromatic carbocycles. The van der Waals surface area contributed by atoms with E-state index in [4.69, 9.17) is 9.47 Å². The van der Waals surface area contributed by atoms with Gasteiger partial charge in [0.2, 0.25) is 0 Å². The summed E-state index contributed by atoms with van der Waals surface area (Å²) in [6, 6.07) is 6.34. The van der Waals surface area contributed by atoms with E-state index in [0.29, 0.717) is 13.2 Å². The van der Waals surface area contributed by atoms with Gasteiger partial charge in [-0.1, -0.05) is 6.07 Å². The average molecular weight is 290 g/mol. The van der Waals surface area contributed by atoms with Crippen LogP contribution >= 0.6 is 0 Å². The summed E-state index contributed by atoms with van der Waals surface area (Å²) in [6.45, 7) is 10.4. The third-order valence-electron chi connectivity index (χ3n) is 4.20. The Morgan fingerprint density at radius 2 is 2.00 bits per heavy atom. The molecule has 21 heavy (non-hydrogen) atoms. The highest BCUT2D eigenvalue weighted by atomic mass is 16.6. The summed E-state index contributed by atoms with van der Waals surface area (Å²) in [7, 11) is 0. The number of rotatable bonds is 3. The van der Waals surface area contributed by atoms with Gasteiger partial charge in [-0.15, -0.1) is 0 Å². The van der Waals surface area contributed by atoms with Crippen molar-refractivity contribution >= 4 is 0 Å². The van der Waals surface area contributed by atoms with Crippen LogP contribution < -0.4 is 14.8 Å². The molecule has 4 nitrogen and oxygen atoms in total. The molecule has 2 heterocycles. The molecule has 1 N–H and O–H groups in total. The second-order valence-corrected chi connectivity index (χ2v) is 6.67. The number of ether oxygens (including phenoxy) is 2. The lowest BCUT2D eigenvalue weighted by atomic mass is 10.1. The third-order valence-corrected chi connectivity index (χ3v) is 4.20. The molecule has 4 heteroatoms. The first-order valence-corrected chi connectivity index (χ1v) is 7.98. The number of hydrogen-bond donors (Lipinski definition) is 1. The highest BCUT2D eigenvalue weighted by Gasteiger charge is 2.23. The third kappa shape index (κ3) is 3.89. The van der Waals surface area contributed by atoms with Crippen LogP contribution in [0.1, 0.15) is 25.8 Å². The van der Waals surface area contributed by atoms with E-state index in [1.54, 1.807) is 0 Å². The maximum Gasteiger partial charge on any atom is 0.161 e. The molecule has 0 atom stereocenters. The topological polar surface area (TPSA) is 33.7 Å². The maximum absolute atomic E-state index is 5.66. The van der Waals surface area contributed by atoms with E-state index in [1.807, 2.05) is 6.07 Å². The highest BCUT2D eigenvalue weighted by molar-refractivity contribution is 5.43. The van der Waals surface area contributed by atoms with Crippen molar-refractivity contribution in [1.82, 2.24) is 10.2 Å². The fraction of sp³-hybridized carbons (Fsp3) is 0.647. The van der Waals surface area contributed by atoms with Crippen LogP contribution in [0.2, 0.25) is 0 Å². The Kier molecular flexibility index (Phi) is 4.36. The normalized spacial score (nSPS) is 21.8. The lowest BCUT2D eigenvalue weighted by Gasteiger charge is -2.30. The molecule has 0 amide bonds. The van der Waals surface area contributed by atoms with Crippen LogP contribution in [0.4, 0.5) is 0 Å². The van der Waals surface area contributed by atoms with E-state index in [0.717, 1.165) is 37.6 Å². The second kappa shape index (κ2) is 6.24. The van der Waals surface area contributed by atoms with Gasteiger partial charge in [-0.2, -0.15) is 0 Å². The van der Waals surface area contributed by atoms with Gasteiger partial charge in [0.1, 0.15) is 13.2 Å². The Morgan fingerprint density at radius 1 is 1.19 bits per heavy atom. The zero-order chi connectivity index (χ0) is 14.7. The number of benzene rings is 1. The minimum Gasteiger partial charge on any atom is -0.486 e. The summed E-state index contributed by atoms with van der Waals surface area (Å²) in [5.74, 6) is 1.78. The standard InChI is InChI=1S/C17H26N2O2/c1-17(2)13-19(8-3-7-18-17)9-6-14-4-5-15-16(12-14)21-11-10-20-15/h4-5,12,18H,3,6-11,13H2,1-2H3. The monoisotopic (exact) mass is 290 g/mol. The fourth-order valence-corrected chi connectivity index (χ4v) is 3.14. The quantitative estimate of drug-likeness (QED) is 0.924. The second-order valence-electron chi connectivity index (χ2n) is 6.67. The van der Waals surface area contributed by atoms with Gasteiger partial charge in [0, 0.05) is 18.6 Å². The van der Waals surface area contributed by atoms with Gasteiger partial charge in [-0.05, 0) is 57.5 Å². The van der Waals surface area contributed by atoms with Crippen LogP contribution in [-0.2, 0) is 6.42 Å². The van der Waals surface area contributed by atoms with E-state index < -0.39 is 0 Å². The average Bonchev–Trinajstić information content (AvgIpc) is 2.65. The molecule has 1 aromatic rings. The van der Waals surface area contributed by atoms with E-state index >= 15 is 0 Å². The van der Waals surface area contributed by atoms with Crippen molar-refractivity contribution in [2.45, 2.75) is 32.2 Å². The molecule has 1 fully saturated rings. The Morgan fingerprint density at radius 3 is 2.86 bits per heavy atom. The predicted molar refractivity (Wildman–Crippen MR) is 84.3 cm³/mol. The number of nitrogens with one attached hydrogen (secondary N) is 1. The molecule has 0 aromatic heterocycles. The zero-order valence-corrected chi connectivity index (χ0v) is 13.2. The molecular formula is C17H26N2O2. The van der Waals surface area contributed by atoms with Crippen LogP contribution in [0.3, 0.4) is 0 Å². The van der Waals surface area contributed by atoms with E-state index in [9.17, 15) is 0 Å². The van der Waals surface area contributed by atoms with Gasteiger partial charge in [0.05, 0.1) is 0 Å². The SMILES string of the molecule is CC1(C)CN(CCc2ccc3c(c2)OCCO3)CCCN1. The molecule has 0 radical (unpaired) electrons. The molecule has 0 spiro atoms. The number of fused-ring (bicyclic) bond motifs is 1. The Hall–Kier alpha value is -1.26. The van der Waals surface area contributed by atoms with Crippen LogP contribution in [0.25, 0.3) is 0 Å². The van der Waals surface area contributed by atoms with Crippen molar-refractivity contribution in [1.29, 1.82) is 0 Å². The molecule has 0 unspecified atom stereocenters. The number of hydrogen-bond acceptors (Lipinski definition) is 4. The Balaban J connectivity index is 1.59. The smallest absolute Gasteiger partial charge is 0.161 e. The Bertz CT molecular complexity index is 488. The lowest BCUT2D eigenvalue weighted by molar-refractivity contribution is 0.171. The summed E-state index contributed by atoms with van der Waals surface area (Å²) in [6.07, 6.45) is 2.29. The summed E-state index contributed by atoms with van der Waals surface area (Å²) in [5.41, 5.74) is 1.54. The van der Waals surface area contributed by atoms with Crippen molar-refractivity contribution in [2.75, 3.05) is 39.4 Å². The van der Waals surface area contributed by atoms with Crippen LogP contribution in [0.5, 0.6) is 11.5 Å². The largest absolute Gasteiger partial charge is 0.486 e. The maximum atomic E-state index is 5.66. The van der Waals surface area contributed by atoms with E-state index in [2.05, 4.69) is 36.2 Å². The molecule has 1 saturated heterocycles. The molecule has 116 valence electrons. The molecular weight excluding hydrogens is 264 g/mol. The van der Waals surface area contributed by atoms with Crippen LogP contribution in [-0.4, -0.2) is 49.8 Å². The minimum atomic E-state index is 0.212.